The lowest BCUT2D eigenvalue weighted by molar-refractivity contribution is -0.140. The number of fused-ring (bicyclic) bond motifs is 1. The predicted octanol–water partition coefficient (Wildman–Crippen LogP) is 2.53. The summed E-state index contributed by atoms with van der Waals surface area (Å²) < 4.78 is 56.2. The van der Waals surface area contributed by atoms with Crippen LogP contribution < -0.4 is 14.8 Å². The molecule has 0 radical (unpaired) electrons. The number of ether oxygens (including phenoxy) is 3. The van der Waals surface area contributed by atoms with Crippen molar-refractivity contribution in [1.29, 1.82) is 0 Å². The number of morpholine rings is 1. The first kappa shape index (κ1) is 14.5. The van der Waals surface area contributed by atoms with Crippen LogP contribution in [-0.2, 0) is 10.9 Å². The second kappa shape index (κ2) is 5.73. The third kappa shape index (κ3) is 3.08. The molecule has 116 valence electrons. The van der Waals surface area contributed by atoms with E-state index in [-0.39, 0.29) is 11.3 Å². The van der Waals surface area contributed by atoms with Gasteiger partial charge in [0.25, 0.3) is 0 Å². The van der Waals surface area contributed by atoms with E-state index >= 15 is 0 Å². The van der Waals surface area contributed by atoms with Crippen molar-refractivity contribution in [1.82, 2.24) is 5.32 Å². The van der Waals surface area contributed by atoms with E-state index in [4.69, 9.17) is 14.2 Å². The standard InChI is InChI=1S/C14H16F3NO3/c15-14(16,17)10-7-12-11(19-3-1-4-20-12)6-9(10)13-8-18-2-5-21-13/h6-7,13,18H,1-5,8H2. The molecule has 0 aliphatic carbocycles. The van der Waals surface area contributed by atoms with Crippen molar-refractivity contribution < 1.29 is 27.4 Å². The molecule has 3 rings (SSSR count). The molecule has 1 atom stereocenters. The normalized spacial score (nSPS) is 22.7. The molecular weight excluding hydrogens is 287 g/mol. The minimum atomic E-state index is -4.46. The van der Waals surface area contributed by atoms with Gasteiger partial charge in [-0.1, -0.05) is 0 Å². The molecule has 2 aliphatic heterocycles. The Balaban J connectivity index is 2.04. The molecule has 7 heteroatoms. The maximum atomic E-state index is 13.3. The fraction of sp³-hybridized carbons (Fsp3) is 0.571. The van der Waals surface area contributed by atoms with Gasteiger partial charge < -0.3 is 19.5 Å². The Bertz CT molecular complexity index is 513. The largest absolute Gasteiger partial charge is 0.490 e. The predicted molar refractivity (Wildman–Crippen MR) is 68.6 cm³/mol. The lowest BCUT2D eigenvalue weighted by Gasteiger charge is -2.27. The minimum Gasteiger partial charge on any atom is -0.490 e. The summed E-state index contributed by atoms with van der Waals surface area (Å²) >= 11 is 0. The third-order valence-electron chi connectivity index (χ3n) is 3.50. The Kier molecular flexibility index (Phi) is 3.95. The van der Waals surface area contributed by atoms with Crippen LogP contribution in [0.4, 0.5) is 13.2 Å². The third-order valence-corrected chi connectivity index (χ3v) is 3.50. The zero-order valence-electron chi connectivity index (χ0n) is 11.3. The molecule has 0 saturated carbocycles. The van der Waals surface area contributed by atoms with Gasteiger partial charge in [-0.05, 0) is 17.7 Å². The van der Waals surface area contributed by atoms with Crippen molar-refractivity contribution in [2.45, 2.75) is 18.7 Å². The molecule has 1 saturated heterocycles. The van der Waals surface area contributed by atoms with Crippen molar-refractivity contribution >= 4 is 0 Å². The molecule has 1 unspecified atom stereocenters. The molecule has 0 spiro atoms. The zero-order chi connectivity index (χ0) is 14.9. The summed E-state index contributed by atoms with van der Waals surface area (Å²) in [5.41, 5.74) is -0.626. The highest BCUT2D eigenvalue weighted by atomic mass is 19.4. The van der Waals surface area contributed by atoms with E-state index in [1.165, 1.54) is 6.07 Å². The summed E-state index contributed by atoms with van der Waals surface area (Å²) in [6.07, 6.45) is -4.44. The molecule has 0 aromatic heterocycles. The van der Waals surface area contributed by atoms with Crippen LogP contribution in [0.25, 0.3) is 0 Å². The number of nitrogens with one attached hydrogen (secondary N) is 1. The molecule has 1 aromatic rings. The van der Waals surface area contributed by atoms with Crippen LogP contribution in [0.1, 0.15) is 23.7 Å². The highest BCUT2D eigenvalue weighted by Gasteiger charge is 2.37. The lowest BCUT2D eigenvalue weighted by atomic mass is 9.99. The average Bonchev–Trinajstić information content (AvgIpc) is 2.70. The Morgan fingerprint density at radius 1 is 1.05 bits per heavy atom. The van der Waals surface area contributed by atoms with E-state index in [1.807, 2.05) is 0 Å². The van der Waals surface area contributed by atoms with Gasteiger partial charge in [0.2, 0.25) is 0 Å². The number of hydrogen-bond acceptors (Lipinski definition) is 4. The SMILES string of the molecule is FC(F)(F)c1cc2c(cc1C1CNCCO1)OCCCO2. The van der Waals surface area contributed by atoms with Gasteiger partial charge in [-0.2, -0.15) is 13.2 Å². The number of halogens is 3. The summed E-state index contributed by atoms with van der Waals surface area (Å²) in [6, 6.07) is 2.43. The first-order valence-corrected chi connectivity index (χ1v) is 6.89. The topological polar surface area (TPSA) is 39.7 Å². The Labute approximate surface area is 120 Å². The fourth-order valence-electron chi connectivity index (χ4n) is 2.50. The van der Waals surface area contributed by atoms with Gasteiger partial charge in [-0.3, -0.25) is 0 Å². The highest BCUT2D eigenvalue weighted by Crippen LogP contribution is 2.42. The maximum absolute atomic E-state index is 13.3. The summed E-state index contributed by atoms with van der Waals surface area (Å²) in [4.78, 5) is 0. The lowest BCUT2D eigenvalue weighted by Crippen LogP contribution is -2.34. The highest BCUT2D eigenvalue weighted by molar-refractivity contribution is 5.49. The molecule has 2 heterocycles. The van der Waals surface area contributed by atoms with E-state index < -0.39 is 17.8 Å². The number of rotatable bonds is 1. The number of alkyl halides is 3. The Hall–Kier alpha value is -1.47. The molecule has 0 bridgehead atoms. The molecule has 1 aromatic carbocycles. The maximum Gasteiger partial charge on any atom is 0.416 e. The van der Waals surface area contributed by atoms with Crippen molar-refractivity contribution in [3.8, 4) is 11.5 Å². The summed E-state index contributed by atoms with van der Waals surface area (Å²) in [6.45, 7) is 2.16. The van der Waals surface area contributed by atoms with Gasteiger partial charge in [0, 0.05) is 19.5 Å². The molecule has 21 heavy (non-hydrogen) atoms. The first-order chi connectivity index (χ1) is 10.1. The van der Waals surface area contributed by atoms with Crippen LogP contribution in [0.3, 0.4) is 0 Å². The van der Waals surface area contributed by atoms with Gasteiger partial charge in [-0.25, -0.2) is 0 Å². The van der Waals surface area contributed by atoms with Crippen molar-refractivity contribution in [2.75, 3.05) is 32.9 Å². The molecule has 1 N–H and O–H groups in total. The van der Waals surface area contributed by atoms with Crippen LogP contribution in [-0.4, -0.2) is 32.9 Å². The van der Waals surface area contributed by atoms with Crippen molar-refractivity contribution in [2.24, 2.45) is 0 Å². The van der Waals surface area contributed by atoms with Crippen LogP contribution in [0, 0.1) is 0 Å². The van der Waals surface area contributed by atoms with Crippen LogP contribution >= 0.6 is 0 Å². The minimum absolute atomic E-state index is 0.0963. The van der Waals surface area contributed by atoms with Crippen molar-refractivity contribution in [3.63, 3.8) is 0 Å². The van der Waals surface area contributed by atoms with E-state index in [9.17, 15) is 13.2 Å². The number of benzene rings is 1. The second-order valence-corrected chi connectivity index (χ2v) is 5.00. The van der Waals surface area contributed by atoms with Gasteiger partial charge in [0.15, 0.2) is 11.5 Å². The van der Waals surface area contributed by atoms with Gasteiger partial charge in [-0.15, -0.1) is 0 Å². The zero-order valence-corrected chi connectivity index (χ0v) is 11.3. The van der Waals surface area contributed by atoms with E-state index in [1.54, 1.807) is 0 Å². The number of hydrogen-bond donors (Lipinski definition) is 1. The molecule has 1 fully saturated rings. The molecule has 2 aliphatic rings. The van der Waals surface area contributed by atoms with Crippen LogP contribution in [0.15, 0.2) is 12.1 Å². The van der Waals surface area contributed by atoms with Gasteiger partial charge >= 0.3 is 6.18 Å². The van der Waals surface area contributed by atoms with Crippen LogP contribution in [0.2, 0.25) is 0 Å². The van der Waals surface area contributed by atoms with E-state index in [0.717, 1.165) is 6.07 Å². The van der Waals surface area contributed by atoms with Gasteiger partial charge in [0.1, 0.15) is 0 Å². The average molecular weight is 303 g/mol. The van der Waals surface area contributed by atoms with Gasteiger partial charge in [0.05, 0.1) is 31.5 Å². The Morgan fingerprint density at radius 3 is 2.38 bits per heavy atom. The monoisotopic (exact) mass is 303 g/mol. The summed E-state index contributed by atoms with van der Waals surface area (Å²) in [7, 11) is 0. The van der Waals surface area contributed by atoms with E-state index in [0.29, 0.717) is 45.1 Å². The quantitative estimate of drug-likeness (QED) is 0.865. The molecular formula is C14H16F3NO3. The summed E-state index contributed by atoms with van der Waals surface area (Å²) in [5.74, 6) is 0.497. The molecule has 0 amide bonds. The smallest absolute Gasteiger partial charge is 0.416 e. The molecule has 4 nitrogen and oxygen atoms in total. The van der Waals surface area contributed by atoms with Crippen molar-refractivity contribution in [3.05, 3.63) is 23.3 Å². The van der Waals surface area contributed by atoms with E-state index in [2.05, 4.69) is 5.32 Å². The second-order valence-electron chi connectivity index (χ2n) is 5.00. The first-order valence-electron chi connectivity index (χ1n) is 6.89. The Morgan fingerprint density at radius 2 is 1.76 bits per heavy atom. The summed E-state index contributed by atoms with van der Waals surface area (Å²) in [5, 5.41) is 3.04. The fourth-order valence-corrected chi connectivity index (χ4v) is 2.50. The van der Waals surface area contributed by atoms with Crippen LogP contribution in [0.5, 0.6) is 11.5 Å².